The Morgan fingerprint density at radius 1 is 1.05 bits per heavy atom. The highest BCUT2D eigenvalue weighted by atomic mass is 35.5. The molecule has 1 aromatic carbocycles. The van der Waals surface area contributed by atoms with Gasteiger partial charge in [0.15, 0.2) is 5.84 Å². The molecule has 0 aliphatic heterocycles. The maximum absolute atomic E-state index is 13.2. The molecule has 0 atom stereocenters. The maximum atomic E-state index is 13.2. The minimum absolute atomic E-state index is 0.421. The lowest BCUT2D eigenvalue weighted by Crippen LogP contribution is -2.35. The van der Waals surface area contributed by atoms with Crippen molar-refractivity contribution in [3.05, 3.63) is 27.7 Å². The van der Waals surface area contributed by atoms with Gasteiger partial charge in [0.05, 0.1) is 15.6 Å². The molecule has 21 heavy (non-hydrogen) atoms. The van der Waals surface area contributed by atoms with Crippen LogP contribution in [0.1, 0.15) is 5.56 Å². The molecule has 1 aromatic rings. The second kappa shape index (κ2) is 6.14. The van der Waals surface area contributed by atoms with E-state index in [0.717, 1.165) is 4.90 Å². The number of hydrogen-bond donors (Lipinski definition) is 0. The molecule has 0 aliphatic rings. The van der Waals surface area contributed by atoms with E-state index in [-0.39, 0.29) is 0 Å². The summed E-state index contributed by atoms with van der Waals surface area (Å²) < 4.78 is 64.0. The first-order chi connectivity index (χ1) is 9.34. The summed E-state index contributed by atoms with van der Waals surface area (Å²) in [6.07, 6.45) is -4.67. The fraction of sp³-hybridized carbons (Fsp3) is 0.364. The largest absolute Gasteiger partial charge is 0.416 e. The van der Waals surface area contributed by atoms with Crippen molar-refractivity contribution >= 4 is 46.3 Å². The van der Waals surface area contributed by atoms with Gasteiger partial charge in [0, 0.05) is 14.1 Å². The van der Waals surface area contributed by atoms with Crippen molar-refractivity contribution in [2.75, 3.05) is 14.1 Å². The summed E-state index contributed by atoms with van der Waals surface area (Å²) >= 11 is 16.2. The standard InChI is InChI=1S/C11H8Cl3F5N2/c1-21(2)9(10(14,15)16)20-8-6(12)3-5(4-7(8)13)11(17,18)19/h3-4H,1-2H3/b20-9+. The molecule has 0 aliphatic carbocycles. The smallest absolute Gasteiger partial charge is 0.360 e. The van der Waals surface area contributed by atoms with E-state index in [0.29, 0.717) is 12.1 Å². The molecule has 0 heterocycles. The normalized spacial score (nSPS) is 13.5. The lowest BCUT2D eigenvalue weighted by molar-refractivity contribution is -0.137. The van der Waals surface area contributed by atoms with Crippen LogP contribution in [-0.2, 0) is 6.18 Å². The lowest BCUT2D eigenvalue weighted by Gasteiger charge is -2.20. The number of benzene rings is 1. The summed E-state index contributed by atoms with van der Waals surface area (Å²) in [4.78, 5) is 4.38. The Kier molecular flexibility index (Phi) is 5.34. The summed E-state index contributed by atoms with van der Waals surface area (Å²) in [5, 5.41) is -4.87. The zero-order valence-electron chi connectivity index (χ0n) is 10.6. The van der Waals surface area contributed by atoms with Gasteiger partial charge in [-0.3, -0.25) is 0 Å². The number of rotatable bonds is 2. The van der Waals surface area contributed by atoms with Crippen LogP contribution in [0, 0.1) is 0 Å². The summed E-state index contributed by atoms with van der Waals surface area (Å²) in [7, 11) is 2.47. The van der Waals surface area contributed by atoms with Crippen LogP contribution in [0.2, 0.25) is 10.0 Å². The highest BCUT2D eigenvalue weighted by Crippen LogP contribution is 2.40. The molecule has 0 saturated carbocycles. The van der Waals surface area contributed by atoms with Crippen LogP contribution < -0.4 is 0 Å². The van der Waals surface area contributed by atoms with Crippen molar-refractivity contribution < 1.29 is 22.0 Å². The molecular formula is C11H8Cl3F5N2. The summed E-state index contributed by atoms with van der Waals surface area (Å²) in [5.74, 6) is -0.910. The Bertz CT molecular complexity index is 541. The van der Waals surface area contributed by atoms with Crippen LogP contribution in [0.3, 0.4) is 0 Å². The van der Waals surface area contributed by atoms with Crippen molar-refractivity contribution in [2.45, 2.75) is 11.6 Å². The number of hydrogen-bond acceptors (Lipinski definition) is 1. The van der Waals surface area contributed by atoms with Gasteiger partial charge in [-0.25, -0.2) is 4.99 Å². The number of aliphatic imine (C=N–C) groups is 1. The first-order valence-electron chi connectivity index (χ1n) is 5.23. The minimum Gasteiger partial charge on any atom is -0.360 e. The number of halogens is 8. The summed E-state index contributed by atoms with van der Waals surface area (Å²) in [6, 6.07) is 1.10. The number of amidine groups is 1. The van der Waals surface area contributed by atoms with Crippen LogP contribution >= 0.6 is 34.8 Å². The third-order valence-corrected chi connectivity index (χ3v) is 2.98. The molecule has 0 aromatic heterocycles. The van der Waals surface area contributed by atoms with Crippen LogP contribution in [-0.4, -0.2) is 30.2 Å². The molecule has 0 fully saturated rings. The van der Waals surface area contributed by atoms with Gasteiger partial charge in [0.25, 0.3) is 0 Å². The van der Waals surface area contributed by atoms with Crippen molar-refractivity contribution in [3.63, 3.8) is 0 Å². The van der Waals surface area contributed by atoms with E-state index in [9.17, 15) is 22.0 Å². The quantitative estimate of drug-likeness (QED) is 0.293. The molecule has 2 nitrogen and oxygen atoms in total. The molecule has 0 unspecified atom stereocenters. The van der Waals surface area contributed by atoms with Gasteiger partial charge in [-0.1, -0.05) is 23.2 Å². The van der Waals surface area contributed by atoms with Crippen LogP contribution in [0.5, 0.6) is 0 Å². The van der Waals surface area contributed by atoms with Gasteiger partial charge in [-0.05, 0) is 23.7 Å². The Labute approximate surface area is 132 Å². The third kappa shape index (κ3) is 4.59. The average molecular weight is 370 g/mol. The molecule has 0 spiro atoms. The van der Waals surface area contributed by atoms with Gasteiger partial charge in [0.1, 0.15) is 5.69 Å². The molecule has 0 saturated heterocycles. The second-order valence-electron chi connectivity index (χ2n) is 4.11. The summed E-state index contributed by atoms with van der Waals surface area (Å²) in [6.45, 7) is 0. The molecule has 10 heteroatoms. The highest BCUT2D eigenvalue weighted by molar-refractivity contribution is 6.39. The first kappa shape index (κ1) is 18.3. The third-order valence-electron chi connectivity index (χ3n) is 2.24. The zero-order chi connectivity index (χ0) is 16.6. The van der Waals surface area contributed by atoms with Crippen LogP contribution in [0.15, 0.2) is 17.1 Å². The fourth-order valence-electron chi connectivity index (χ4n) is 1.36. The Morgan fingerprint density at radius 2 is 1.48 bits per heavy atom. The topological polar surface area (TPSA) is 15.6 Å². The van der Waals surface area contributed by atoms with E-state index in [1.807, 2.05) is 0 Å². The SMILES string of the molecule is CN(C)/C(=N/c1c(Cl)cc(C(F)(F)F)cc1Cl)C(F)(F)Cl. The van der Waals surface area contributed by atoms with Crippen LogP contribution in [0.4, 0.5) is 27.6 Å². The monoisotopic (exact) mass is 368 g/mol. The van der Waals surface area contributed by atoms with Crippen molar-refractivity contribution in [1.82, 2.24) is 4.90 Å². The van der Waals surface area contributed by atoms with E-state index >= 15 is 0 Å². The second-order valence-corrected chi connectivity index (χ2v) is 5.40. The molecule has 0 bridgehead atoms. The predicted molar refractivity (Wildman–Crippen MR) is 73.0 cm³/mol. The van der Waals surface area contributed by atoms with Crippen LogP contribution in [0.25, 0.3) is 0 Å². The minimum atomic E-state index is -4.67. The predicted octanol–water partition coefficient (Wildman–Crippen LogP) is 5.44. The zero-order valence-corrected chi connectivity index (χ0v) is 12.8. The van der Waals surface area contributed by atoms with E-state index in [1.165, 1.54) is 14.1 Å². The van der Waals surface area contributed by atoms with E-state index < -0.39 is 38.7 Å². The van der Waals surface area contributed by atoms with Crippen molar-refractivity contribution in [2.24, 2.45) is 4.99 Å². The Morgan fingerprint density at radius 3 is 1.76 bits per heavy atom. The van der Waals surface area contributed by atoms with E-state index in [1.54, 1.807) is 0 Å². The van der Waals surface area contributed by atoms with E-state index in [4.69, 9.17) is 34.8 Å². The number of nitrogens with zero attached hydrogens (tertiary/aromatic N) is 2. The Hall–Kier alpha value is -0.790. The first-order valence-corrected chi connectivity index (χ1v) is 6.37. The molecular weight excluding hydrogens is 361 g/mol. The maximum Gasteiger partial charge on any atom is 0.416 e. The van der Waals surface area contributed by atoms with E-state index in [2.05, 4.69) is 4.99 Å². The number of alkyl halides is 6. The molecule has 0 radical (unpaired) electrons. The van der Waals surface area contributed by atoms with Gasteiger partial charge in [-0.2, -0.15) is 22.0 Å². The molecule has 0 N–H and O–H groups in total. The molecule has 0 amide bonds. The van der Waals surface area contributed by atoms with Gasteiger partial charge >= 0.3 is 11.6 Å². The molecule has 1 rings (SSSR count). The highest BCUT2D eigenvalue weighted by Gasteiger charge is 2.36. The Balaban J connectivity index is 3.45. The van der Waals surface area contributed by atoms with Gasteiger partial charge < -0.3 is 4.90 Å². The van der Waals surface area contributed by atoms with Crippen molar-refractivity contribution in [1.29, 1.82) is 0 Å². The van der Waals surface area contributed by atoms with Crippen molar-refractivity contribution in [3.8, 4) is 0 Å². The van der Waals surface area contributed by atoms with Gasteiger partial charge in [-0.15, -0.1) is 0 Å². The lowest BCUT2D eigenvalue weighted by atomic mass is 10.2. The van der Waals surface area contributed by atoms with Gasteiger partial charge in [0.2, 0.25) is 0 Å². The molecule has 118 valence electrons. The summed E-state index contributed by atoms with van der Waals surface area (Å²) in [5.41, 5.74) is -1.53. The average Bonchev–Trinajstić information content (AvgIpc) is 2.23. The fourth-order valence-corrected chi connectivity index (χ4v) is 2.14.